The standard InChI is InChI=1S/C25H31N7O4/c1-17(33)27-18-8-13-29(15-18)23(34)16-32-21-7-6-20-19(5-3-12-31(20)25(35)36-2)24(21)28-22(32)9-14-30-11-4-10-26-30/h4,6-7,10-11,18H,3,5,8-9,12-16H2,1-2H3,(H,27,33)/t18-/m1/s1. The number of aromatic nitrogens is 4. The van der Waals surface area contributed by atoms with Crippen LogP contribution in [0.2, 0.25) is 0 Å². The molecule has 36 heavy (non-hydrogen) atoms. The Kier molecular flexibility index (Phi) is 6.62. The van der Waals surface area contributed by atoms with Gasteiger partial charge in [-0.25, -0.2) is 9.78 Å². The number of aryl methyl sites for hydroxylation is 3. The molecular formula is C25H31N7O4. The van der Waals surface area contributed by atoms with E-state index in [0.29, 0.717) is 32.6 Å². The second-order valence-electron chi connectivity index (χ2n) is 9.32. The number of benzene rings is 1. The minimum Gasteiger partial charge on any atom is -0.452 e. The van der Waals surface area contributed by atoms with Crippen molar-refractivity contribution >= 4 is 34.6 Å². The van der Waals surface area contributed by atoms with Gasteiger partial charge in [0.25, 0.3) is 0 Å². The number of ether oxygens (including phenoxy) is 1. The summed E-state index contributed by atoms with van der Waals surface area (Å²) in [7, 11) is 1.39. The topological polar surface area (TPSA) is 115 Å². The van der Waals surface area contributed by atoms with Crippen LogP contribution in [0.5, 0.6) is 0 Å². The highest BCUT2D eigenvalue weighted by Crippen LogP contribution is 2.34. The van der Waals surface area contributed by atoms with Crippen molar-refractivity contribution in [2.75, 3.05) is 31.6 Å². The van der Waals surface area contributed by atoms with Crippen LogP contribution in [0, 0.1) is 0 Å². The number of carbonyl (C=O) groups is 3. The maximum absolute atomic E-state index is 13.3. The zero-order valence-electron chi connectivity index (χ0n) is 20.6. The molecule has 0 spiro atoms. The Hall–Kier alpha value is -3.89. The summed E-state index contributed by atoms with van der Waals surface area (Å²) in [5.74, 6) is 0.716. The Morgan fingerprint density at radius 1 is 1.22 bits per heavy atom. The van der Waals surface area contributed by atoms with Crippen LogP contribution >= 0.6 is 0 Å². The molecule has 0 unspecified atom stereocenters. The molecule has 5 rings (SSSR count). The van der Waals surface area contributed by atoms with Gasteiger partial charge in [-0.3, -0.25) is 19.2 Å². The molecule has 3 aromatic rings. The van der Waals surface area contributed by atoms with Crippen molar-refractivity contribution in [2.24, 2.45) is 0 Å². The van der Waals surface area contributed by atoms with Gasteiger partial charge in [-0.1, -0.05) is 0 Å². The Balaban J connectivity index is 1.47. The summed E-state index contributed by atoms with van der Waals surface area (Å²) in [5, 5.41) is 7.20. The lowest BCUT2D eigenvalue weighted by atomic mass is 10.0. The first-order valence-corrected chi connectivity index (χ1v) is 12.3. The van der Waals surface area contributed by atoms with Crippen molar-refractivity contribution in [1.29, 1.82) is 0 Å². The van der Waals surface area contributed by atoms with Gasteiger partial charge in [-0.15, -0.1) is 0 Å². The third kappa shape index (κ3) is 4.65. The van der Waals surface area contributed by atoms with E-state index in [4.69, 9.17) is 9.72 Å². The zero-order valence-corrected chi connectivity index (χ0v) is 20.6. The first-order chi connectivity index (χ1) is 17.4. The fraction of sp³-hybridized carbons (Fsp3) is 0.480. The quantitative estimate of drug-likeness (QED) is 0.559. The highest BCUT2D eigenvalue weighted by atomic mass is 16.5. The van der Waals surface area contributed by atoms with Gasteiger partial charge in [0, 0.05) is 63.5 Å². The number of hydrogen-bond acceptors (Lipinski definition) is 6. The summed E-state index contributed by atoms with van der Waals surface area (Å²) < 4.78 is 8.82. The number of imidazole rings is 1. The van der Waals surface area contributed by atoms with Crippen molar-refractivity contribution in [1.82, 2.24) is 29.5 Å². The van der Waals surface area contributed by atoms with Gasteiger partial charge < -0.3 is 19.5 Å². The smallest absolute Gasteiger partial charge is 0.414 e. The van der Waals surface area contributed by atoms with Crippen molar-refractivity contribution in [2.45, 2.75) is 51.7 Å². The van der Waals surface area contributed by atoms with Gasteiger partial charge in [0.15, 0.2) is 0 Å². The number of rotatable bonds is 6. The van der Waals surface area contributed by atoms with E-state index in [0.717, 1.165) is 47.4 Å². The van der Waals surface area contributed by atoms with Crippen molar-refractivity contribution < 1.29 is 19.1 Å². The predicted octanol–water partition coefficient (Wildman–Crippen LogP) is 1.73. The fourth-order valence-corrected chi connectivity index (χ4v) is 5.26. The Morgan fingerprint density at radius 3 is 2.83 bits per heavy atom. The molecule has 3 amide bonds. The average molecular weight is 494 g/mol. The maximum atomic E-state index is 13.3. The minimum atomic E-state index is -0.383. The number of hydrogen-bond donors (Lipinski definition) is 1. The second-order valence-corrected chi connectivity index (χ2v) is 9.32. The zero-order chi connectivity index (χ0) is 25.2. The number of nitrogens with one attached hydrogen (secondary N) is 1. The van der Waals surface area contributed by atoms with Crippen LogP contribution in [0.15, 0.2) is 30.6 Å². The summed E-state index contributed by atoms with van der Waals surface area (Å²) >= 11 is 0. The largest absolute Gasteiger partial charge is 0.452 e. The monoisotopic (exact) mass is 493 g/mol. The lowest BCUT2D eigenvalue weighted by Crippen LogP contribution is -2.38. The predicted molar refractivity (Wildman–Crippen MR) is 133 cm³/mol. The lowest BCUT2D eigenvalue weighted by Gasteiger charge is -2.28. The van der Waals surface area contributed by atoms with Crippen molar-refractivity contribution in [3.05, 3.63) is 42.0 Å². The van der Waals surface area contributed by atoms with Crippen molar-refractivity contribution in [3.63, 3.8) is 0 Å². The number of nitrogens with zero attached hydrogens (tertiary/aromatic N) is 6. The first-order valence-electron chi connectivity index (χ1n) is 12.3. The third-order valence-corrected chi connectivity index (χ3v) is 6.94. The molecule has 2 aliphatic heterocycles. The van der Waals surface area contributed by atoms with Gasteiger partial charge in [-0.2, -0.15) is 5.10 Å². The van der Waals surface area contributed by atoms with Crippen LogP contribution in [0.3, 0.4) is 0 Å². The summed E-state index contributed by atoms with van der Waals surface area (Å²) in [6, 6.07) is 5.73. The molecule has 1 saturated heterocycles. The molecule has 190 valence electrons. The minimum absolute atomic E-state index is 0.00333. The third-order valence-electron chi connectivity index (χ3n) is 6.94. The molecule has 0 saturated carbocycles. The van der Waals surface area contributed by atoms with Crippen LogP contribution in [0.1, 0.15) is 31.2 Å². The van der Waals surface area contributed by atoms with E-state index in [-0.39, 0.29) is 30.5 Å². The molecular weight excluding hydrogens is 462 g/mol. The highest BCUT2D eigenvalue weighted by molar-refractivity contribution is 5.95. The van der Waals surface area contributed by atoms with E-state index in [1.807, 2.05) is 33.6 Å². The Morgan fingerprint density at radius 2 is 2.08 bits per heavy atom. The Labute approximate surface area is 209 Å². The van der Waals surface area contributed by atoms with E-state index in [1.54, 1.807) is 16.0 Å². The van der Waals surface area contributed by atoms with E-state index in [1.165, 1.54) is 14.0 Å². The lowest BCUT2D eigenvalue weighted by molar-refractivity contribution is -0.131. The number of anilines is 1. The molecule has 0 radical (unpaired) electrons. The molecule has 1 N–H and O–H groups in total. The molecule has 2 aromatic heterocycles. The van der Waals surface area contributed by atoms with E-state index < -0.39 is 0 Å². The van der Waals surface area contributed by atoms with Gasteiger partial charge in [0.05, 0.1) is 23.8 Å². The molecule has 4 heterocycles. The maximum Gasteiger partial charge on any atom is 0.414 e. The SMILES string of the molecule is COC(=O)N1CCCc2c1ccc1c2nc(CCn2cccn2)n1CC(=O)N1CC[C@@H](NC(C)=O)C1. The van der Waals surface area contributed by atoms with Gasteiger partial charge >= 0.3 is 6.09 Å². The van der Waals surface area contributed by atoms with Crippen LogP contribution in [-0.2, 0) is 40.3 Å². The summed E-state index contributed by atoms with van der Waals surface area (Å²) in [4.78, 5) is 45.5. The van der Waals surface area contributed by atoms with E-state index >= 15 is 0 Å². The van der Waals surface area contributed by atoms with E-state index in [2.05, 4.69) is 10.4 Å². The summed E-state index contributed by atoms with van der Waals surface area (Å²) in [5.41, 5.74) is 3.51. The Bertz CT molecular complexity index is 1280. The summed E-state index contributed by atoms with van der Waals surface area (Å²) in [6.45, 7) is 4.02. The molecule has 11 heteroatoms. The van der Waals surface area contributed by atoms with Crippen LogP contribution in [0.4, 0.5) is 10.5 Å². The number of likely N-dealkylation sites (tertiary alicyclic amines) is 1. The molecule has 2 aliphatic rings. The van der Waals surface area contributed by atoms with Crippen LogP contribution < -0.4 is 10.2 Å². The molecule has 11 nitrogen and oxygen atoms in total. The average Bonchev–Trinajstić information content (AvgIpc) is 3.62. The normalized spacial score (nSPS) is 17.3. The van der Waals surface area contributed by atoms with Gasteiger partial charge in [-0.05, 0) is 37.5 Å². The second kappa shape index (κ2) is 10.00. The molecule has 0 aliphatic carbocycles. The van der Waals surface area contributed by atoms with Crippen LogP contribution in [0.25, 0.3) is 11.0 Å². The molecule has 0 bridgehead atoms. The number of fused-ring (bicyclic) bond motifs is 3. The van der Waals surface area contributed by atoms with E-state index in [9.17, 15) is 14.4 Å². The number of amides is 3. The molecule has 1 atom stereocenters. The highest BCUT2D eigenvalue weighted by Gasteiger charge is 2.30. The van der Waals surface area contributed by atoms with Gasteiger partial charge in [0.2, 0.25) is 11.8 Å². The number of carbonyl (C=O) groups excluding carboxylic acids is 3. The van der Waals surface area contributed by atoms with Gasteiger partial charge in [0.1, 0.15) is 12.4 Å². The van der Waals surface area contributed by atoms with Crippen molar-refractivity contribution in [3.8, 4) is 0 Å². The molecule has 1 fully saturated rings. The van der Waals surface area contributed by atoms with Crippen LogP contribution in [-0.4, -0.2) is 74.9 Å². The molecule has 1 aromatic carbocycles. The first kappa shape index (κ1) is 23.8. The summed E-state index contributed by atoms with van der Waals surface area (Å²) in [6.07, 6.45) is 6.23. The number of methoxy groups -OCH3 is 1. The fourth-order valence-electron chi connectivity index (χ4n) is 5.26.